The average Bonchev–Trinajstić information content (AvgIpc) is 3.09. The van der Waals surface area contributed by atoms with Crippen LogP contribution in [-0.4, -0.2) is 34.6 Å². The van der Waals surface area contributed by atoms with Crippen LogP contribution in [0.5, 0.6) is 0 Å². The number of carboxylic acid groups (broad SMARTS) is 1. The summed E-state index contributed by atoms with van der Waals surface area (Å²) < 4.78 is 5.22. The van der Waals surface area contributed by atoms with E-state index in [2.05, 4.69) is 15.8 Å². The molecule has 3 rings (SSSR count). The first-order valence-corrected chi connectivity index (χ1v) is 9.33. The summed E-state index contributed by atoms with van der Waals surface area (Å²) in [5.74, 6) is -1.77. The minimum Gasteiger partial charge on any atom is -0.480 e. The second-order valence-electron chi connectivity index (χ2n) is 6.40. The fourth-order valence-corrected chi connectivity index (χ4v) is 3.09. The van der Waals surface area contributed by atoms with E-state index in [-0.39, 0.29) is 12.0 Å². The molecular formula is C21H18ClN3O5. The Bertz CT molecular complexity index is 1110. The number of nitrogens with zero attached hydrogens (tertiary/aromatic N) is 1. The number of rotatable bonds is 7. The highest BCUT2D eigenvalue weighted by atomic mass is 35.5. The largest absolute Gasteiger partial charge is 0.480 e. The van der Waals surface area contributed by atoms with E-state index >= 15 is 0 Å². The number of aromatic nitrogens is 1. The van der Waals surface area contributed by atoms with E-state index in [0.29, 0.717) is 33.3 Å². The predicted molar refractivity (Wildman–Crippen MR) is 110 cm³/mol. The molecule has 0 atom stereocenters. The van der Waals surface area contributed by atoms with Crippen LogP contribution in [0.25, 0.3) is 11.3 Å². The first-order valence-electron chi connectivity index (χ1n) is 8.95. The number of anilines is 1. The zero-order chi connectivity index (χ0) is 21.7. The molecule has 1 heterocycles. The molecule has 0 radical (unpaired) electrons. The fourth-order valence-electron chi connectivity index (χ4n) is 2.87. The van der Waals surface area contributed by atoms with Gasteiger partial charge in [0, 0.05) is 11.3 Å². The highest BCUT2D eigenvalue weighted by Crippen LogP contribution is 2.31. The van der Waals surface area contributed by atoms with Gasteiger partial charge in [0.1, 0.15) is 23.6 Å². The van der Waals surface area contributed by atoms with E-state index in [1.807, 2.05) is 0 Å². The molecule has 3 N–H and O–H groups in total. The van der Waals surface area contributed by atoms with Crippen LogP contribution in [0.3, 0.4) is 0 Å². The minimum atomic E-state index is -1.14. The zero-order valence-electron chi connectivity index (χ0n) is 15.9. The van der Waals surface area contributed by atoms with Gasteiger partial charge in [-0.1, -0.05) is 53.2 Å². The lowest BCUT2D eigenvalue weighted by atomic mass is 10.0. The maximum absolute atomic E-state index is 13.0. The Morgan fingerprint density at radius 3 is 2.53 bits per heavy atom. The van der Waals surface area contributed by atoms with Gasteiger partial charge in [-0.2, -0.15) is 0 Å². The van der Waals surface area contributed by atoms with Crippen LogP contribution in [0.2, 0.25) is 5.02 Å². The molecule has 154 valence electrons. The Labute approximate surface area is 176 Å². The molecule has 0 unspecified atom stereocenters. The number of carbonyl (C=O) groups is 3. The zero-order valence-corrected chi connectivity index (χ0v) is 16.7. The third kappa shape index (κ3) is 4.84. The fraction of sp³-hybridized carbons (Fsp3) is 0.143. The highest BCUT2D eigenvalue weighted by Gasteiger charge is 2.23. The van der Waals surface area contributed by atoms with Crippen molar-refractivity contribution < 1.29 is 24.0 Å². The van der Waals surface area contributed by atoms with E-state index in [1.54, 1.807) is 55.5 Å². The number of carbonyl (C=O) groups excluding carboxylic acids is 2. The number of aliphatic carboxylic acids is 1. The topological polar surface area (TPSA) is 122 Å². The maximum atomic E-state index is 13.0. The summed E-state index contributed by atoms with van der Waals surface area (Å²) in [7, 11) is 0. The summed E-state index contributed by atoms with van der Waals surface area (Å²) in [5, 5.41) is 18.2. The third-order valence-corrected chi connectivity index (χ3v) is 4.60. The molecule has 0 aliphatic rings. The summed E-state index contributed by atoms with van der Waals surface area (Å²) in [6.07, 6.45) is -0.0935. The lowest BCUT2D eigenvalue weighted by molar-refractivity contribution is -0.137. The summed E-state index contributed by atoms with van der Waals surface area (Å²) in [6, 6.07) is 13.7. The van der Waals surface area contributed by atoms with Crippen molar-refractivity contribution in [3.63, 3.8) is 0 Å². The molecule has 9 heteroatoms. The SMILES string of the molecule is Cc1onc(-c2ccccc2Cl)c1C(=O)Nc1ccccc1CC(=O)NCC(=O)O. The van der Waals surface area contributed by atoms with Crippen molar-refractivity contribution in [3.05, 3.63) is 70.4 Å². The molecule has 0 saturated heterocycles. The van der Waals surface area contributed by atoms with Crippen molar-refractivity contribution in [2.75, 3.05) is 11.9 Å². The quantitative estimate of drug-likeness (QED) is 0.531. The van der Waals surface area contributed by atoms with Gasteiger partial charge in [-0.15, -0.1) is 0 Å². The highest BCUT2D eigenvalue weighted by molar-refractivity contribution is 6.33. The van der Waals surface area contributed by atoms with Crippen LogP contribution in [-0.2, 0) is 16.0 Å². The molecule has 2 amide bonds. The average molecular weight is 428 g/mol. The van der Waals surface area contributed by atoms with Crippen LogP contribution in [0, 0.1) is 6.92 Å². The van der Waals surface area contributed by atoms with Crippen molar-refractivity contribution in [1.29, 1.82) is 0 Å². The Morgan fingerprint density at radius 1 is 1.10 bits per heavy atom. The van der Waals surface area contributed by atoms with Crippen LogP contribution < -0.4 is 10.6 Å². The number of benzene rings is 2. The van der Waals surface area contributed by atoms with Crippen LogP contribution in [0.4, 0.5) is 5.69 Å². The second kappa shape index (κ2) is 9.23. The third-order valence-electron chi connectivity index (χ3n) is 4.27. The van der Waals surface area contributed by atoms with Gasteiger partial charge >= 0.3 is 5.97 Å². The number of halogens is 1. The number of nitrogens with one attached hydrogen (secondary N) is 2. The minimum absolute atomic E-state index is 0.0935. The summed E-state index contributed by atoms with van der Waals surface area (Å²) >= 11 is 6.24. The Kier molecular flexibility index (Phi) is 6.48. The molecule has 1 aromatic heterocycles. The number of carboxylic acids is 1. The first-order chi connectivity index (χ1) is 14.4. The number of para-hydroxylation sites is 1. The van der Waals surface area contributed by atoms with E-state index in [1.165, 1.54) is 0 Å². The molecule has 8 nitrogen and oxygen atoms in total. The first kappa shape index (κ1) is 21.1. The van der Waals surface area contributed by atoms with Gasteiger partial charge in [-0.05, 0) is 24.6 Å². The predicted octanol–water partition coefficient (Wildman–Crippen LogP) is 3.30. The lowest BCUT2D eigenvalue weighted by Crippen LogP contribution is -2.30. The molecule has 0 fully saturated rings. The van der Waals surface area contributed by atoms with Gasteiger partial charge in [0.05, 0.1) is 11.4 Å². The summed E-state index contributed by atoms with van der Waals surface area (Å²) in [5.41, 5.74) is 2.05. The molecule has 0 aliphatic heterocycles. The van der Waals surface area contributed by atoms with Gasteiger partial charge < -0.3 is 20.3 Å². The molecule has 30 heavy (non-hydrogen) atoms. The van der Waals surface area contributed by atoms with E-state index in [9.17, 15) is 14.4 Å². The molecule has 0 saturated carbocycles. The van der Waals surface area contributed by atoms with E-state index in [4.69, 9.17) is 21.2 Å². The maximum Gasteiger partial charge on any atom is 0.322 e. The Hall–Kier alpha value is -3.65. The smallest absolute Gasteiger partial charge is 0.322 e. The van der Waals surface area contributed by atoms with E-state index < -0.39 is 24.3 Å². The monoisotopic (exact) mass is 427 g/mol. The number of amides is 2. The van der Waals surface area contributed by atoms with Crippen molar-refractivity contribution >= 4 is 35.1 Å². The molecule has 0 spiro atoms. The van der Waals surface area contributed by atoms with Gasteiger partial charge in [-0.25, -0.2) is 0 Å². The normalized spacial score (nSPS) is 10.5. The van der Waals surface area contributed by atoms with Crippen molar-refractivity contribution in [3.8, 4) is 11.3 Å². The Morgan fingerprint density at radius 2 is 1.80 bits per heavy atom. The van der Waals surface area contributed by atoms with Crippen LogP contribution in [0.15, 0.2) is 53.1 Å². The summed E-state index contributed by atoms with van der Waals surface area (Å²) in [6.45, 7) is 1.14. The standard InChI is InChI=1S/C21H18ClN3O5/c1-12-19(20(25-30-12)14-7-3-4-8-15(14)22)21(29)24-16-9-5-2-6-13(16)10-17(26)23-11-18(27)28/h2-9H,10-11H2,1H3,(H,23,26)(H,24,29)(H,27,28). The molecule has 0 bridgehead atoms. The summed E-state index contributed by atoms with van der Waals surface area (Å²) in [4.78, 5) is 35.6. The van der Waals surface area contributed by atoms with Crippen LogP contribution in [0.1, 0.15) is 21.7 Å². The van der Waals surface area contributed by atoms with Gasteiger partial charge in [0.2, 0.25) is 5.91 Å². The number of hydrogen-bond donors (Lipinski definition) is 3. The number of hydrogen-bond acceptors (Lipinski definition) is 5. The molecule has 2 aromatic carbocycles. The molecule has 3 aromatic rings. The van der Waals surface area contributed by atoms with Crippen molar-refractivity contribution in [1.82, 2.24) is 10.5 Å². The van der Waals surface area contributed by atoms with Crippen LogP contribution >= 0.6 is 11.6 Å². The van der Waals surface area contributed by atoms with Gasteiger partial charge in [-0.3, -0.25) is 14.4 Å². The van der Waals surface area contributed by atoms with Crippen molar-refractivity contribution in [2.45, 2.75) is 13.3 Å². The Balaban J connectivity index is 1.85. The van der Waals surface area contributed by atoms with E-state index in [0.717, 1.165) is 0 Å². The second-order valence-corrected chi connectivity index (χ2v) is 6.81. The number of aryl methyl sites for hydroxylation is 1. The van der Waals surface area contributed by atoms with Crippen molar-refractivity contribution in [2.24, 2.45) is 0 Å². The van der Waals surface area contributed by atoms with Gasteiger partial charge in [0.15, 0.2) is 0 Å². The molecule has 0 aliphatic carbocycles. The molecular weight excluding hydrogens is 410 g/mol. The van der Waals surface area contributed by atoms with Gasteiger partial charge in [0.25, 0.3) is 5.91 Å². The lowest BCUT2D eigenvalue weighted by Gasteiger charge is -2.11.